The molecule has 2 heterocycles. The van der Waals surface area contributed by atoms with E-state index in [1.165, 1.54) is 6.92 Å². The monoisotopic (exact) mass is 496 g/mol. The molecule has 2 atom stereocenters. The zero-order valence-electron chi connectivity index (χ0n) is 21.5. The summed E-state index contributed by atoms with van der Waals surface area (Å²) in [6.45, 7) is 8.59. The second kappa shape index (κ2) is 12.0. The molecule has 0 spiro atoms. The molecule has 36 heavy (non-hydrogen) atoms. The van der Waals surface area contributed by atoms with Crippen molar-refractivity contribution >= 4 is 17.7 Å². The molecule has 9 nitrogen and oxygen atoms in total. The van der Waals surface area contributed by atoms with E-state index >= 15 is 0 Å². The summed E-state index contributed by atoms with van der Waals surface area (Å²) in [5.74, 6) is -0.149. The Labute approximate surface area is 212 Å². The molecule has 9 heteroatoms. The third-order valence-electron chi connectivity index (χ3n) is 6.69. The van der Waals surface area contributed by atoms with Gasteiger partial charge in [-0.3, -0.25) is 24.6 Å². The summed E-state index contributed by atoms with van der Waals surface area (Å²) in [6.07, 6.45) is 2.26. The number of amides is 3. The Morgan fingerprint density at radius 1 is 1.17 bits per heavy atom. The maximum absolute atomic E-state index is 13.5. The number of nitrogens with zero attached hydrogens (tertiary/aromatic N) is 2. The zero-order chi connectivity index (χ0) is 26.3. The number of pyridine rings is 1. The molecule has 1 aliphatic rings. The van der Waals surface area contributed by atoms with Crippen molar-refractivity contribution in [3.63, 3.8) is 0 Å². The third kappa shape index (κ3) is 6.60. The zero-order valence-corrected chi connectivity index (χ0v) is 21.5. The van der Waals surface area contributed by atoms with Crippen LogP contribution in [0.15, 0.2) is 36.4 Å². The summed E-state index contributed by atoms with van der Waals surface area (Å²) in [7, 11) is 0. The molecule has 0 bridgehead atoms. The van der Waals surface area contributed by atoms with Crippen LogP contribution in [0, 0.1) is 13.8 Å². The topological polar surface area (TPSA) is 121 Å². The molecule has 2 unspecified atom stereocenters. The van der Waals surface area contributed by atoms with E-state index < -0.39 is 17.4 Å². The van der Waals surface area contributed by atoms with Gasteiger partial charge in [-0.05, 0) is 81.8 Å². The van der Waals surface area contributed by atoms with Crippen LogP contribution in [0.4, 0.5) is 0 Å². The summed E-state index contributed by atoms with van der Waals surface area (Å²) in [6, 6.07) is 10.7. The summed E-state index contributed by atoms with van der Waals surface area (Å²) in [5.41, 5.74) is 4.72. The number of carbonyl (C=O) groups is 3. The Morgan fingerprint density at radius 3 is 2.44 bits per heavy atom. The average molecular weight is 497 g/mol. The van der Waals surface area contributed by atoms with Crippen molar-refractivity contribution in [2.75, 3.05) is 13.1 Å². The molecule has 1 fully saturated rings. The number of hydrogen-bond acceptors (Lipinski definition) is 6. The molecular formula is C27H36N4O5. The quantitative estimate of drug-likeness (QED) is 0.250. The Balaban J connectivity index is 1.64. The number of benzene rings is 1. The van der Waals surface area contributed by atoms with E-state index in [-0.39, 0.29) is 11.8 Å². The molecule has 3 amide bonds. The van der Waals surface area contributed by atoms with Crippen LogP contribution >= 0.6 is 0 Å². The van der Waals surface area contributed by atoms with Gasteiger partial charge in [-0.25, -0.2) is 5.48 Å². The first-order valence-electron chi connectivity index (χ1n) is 12.3. The number of likely N-dealkylation sites (tertiary alicyclic amines) is 1. The van der Waals surface area contributed by atoms with Crippen molar-refractivity contribution in [3.8, 4) is 5.75 Å². The van der Waals surface area contributed by atoms with Gasteiger partial charge in [0.25, 0.3) is 5.91 Å². The predicted molar refractivity (Wildman–Crippen MR) is 134 cm³/mol. The van der Waals surface area contributed by atoms with Crippen molar-refractivity contribution in [2.24, 2.45) is 0 Å². The van der Waals surface area contributed by atoms with Gasteiger partial charge in [-0.15, -0.1) is 0 Å². The minimum absolute atomic E-state index is 0.107. The fraction of sp³-hybridized carbons (Fsp3) is 0.481. The number of nitrogens with one attached hydrogen (secondary N) is 2. The smallest absolute Gasteiger partial charge is 0.266 e. The molecule has 1 aromatic carbocycles. The molecule has 0 radical (unpaired) electrons. The van der Waals surface area contributed by atoms with Crippen LogP contribution < -0.4 is 15.5 Å². The number of carbonyl (C=O) groups excluding carboxylic acids is 3. The van der Waals surface area contributed by atoms with E-state index in [2.05, 4.69) is 10.3 Å². The van der Waals surface area contributed by atoms with Crippen LogP contribution in [0.5, 0.6) is 5.75 Å². The molecule has 3 N–H and O–H groups in total. The van der Waals surface area contributed by atoms with Gasteiger partial charge in [0.2, 0.25) is 11.8 Å². The number of aryl methyl sites for hydroxylation is 2. The van der Waals surface area contributed by atoms with Crippen molar-refractivity contribution in [2.45, 2.75) is 71.4 Å². The van der Waals surface area contributed by atoms with Crippen LogP contribution in [-0.4, -0.2) is 51.9 Å². The normalized spacial score (nSPS) is 18.1. The Kier molecular flexibility index (Phi) is 9.03. The van der Waals surface area contributed by atoms with Crippen molar-refractivity contribution in [3.05, 3.63) is 58.9 Å². The fourth-order valence-electron chi connectivity index (χ4n) is 4.75. The summed E-state index contributed by atoms with van der Waals surface area (Å²) >= 11 is 0. The first kappa shape index (κ1) is 27.1. The highest BCUT2D eigenvalue weighted by Gasteiger charge is 2.47. The summed E-state index contributed by atoms with van der Waals surface area (Å²) in [4.78, 5) is 42.9. The molecule has 1 saturated heterocycles. The Hall–Kier alpha value is -3.46. The molecule has 0 saturated carbocycles. The lowest BCUT2D eigenvalue weighted by molar-refractivity contribution is -0.144. The molecule has 1 aromatic heterocycles. The molecule has 194 valence electrons. The maximum Gasteiger partial charge on any atom is 0.266 e. The highest BCUT2D eigenvalue weighted by Crippen LogP contribution is 2.37. The first-order valence-corrected chi connectivity index (χ1v) is 12.3. The van der Waals surface area contributed by atoms with Gasteiger partial charge in [-0.1, -0.05) is 12.1 Å². The highest BCUT2D eigenvalue weighted by atomic mass is 16.5. The molecule has 2 aromatic rings. The van der Waals surface area contributed by atoms with E-state index in [4.69, 9.17) is 4.74 Å². The standard InChI is InChI=1S/C27H36N4O5/c1-18-15-21(16-19(2)29-18)17-36-23-10-8-22(9-11-23)27(4)12-14-31(26(27)34)24(25(33)30-35)7-5-6-13-28-20(3)32/h8-11,15-16,24,35H,5-7,12-14,17H2,1-4H3,(H,28,32)(H,30,33). The van der Waals surface area contributed by atoms with Gasteiger partial charge in [0.05, 0.1) is 5.41 Å². The molecular weight excluding hydrogens is 460 g/mol. The number of hydroxylamine groups is 1. The summed E-state index contributed by atoms with van der Waals surface area (Å²) in [5, 5.41) is 12.0. The largest absolute Gasteiger partial charge is 0.489 e. The molecule has 1 aliphatic heterocycles. The summed E-state index contributed by atoms with van der Waals surface area (Å²) < 4.78 is 5.93. The van der Waals surface area contributed by atoms with Crippen molar-refractivity contribution in [1.82, 2.24) is 20.7 Å². The number of rotatable bonds is 11. The van der Waals surface area contributed by atoms with E-state index in [1.54, 1.807) is 10.4 Å². The number of ether oxygens (including phenoxy) is 1. The predicted octanol–water partition coefficient (Wildman–Crippen LogP) is 2.95. The van der Waals surface area contributed by atoms with E-state index in [0.29, 0.717) is 51.1 Å². The van der Waals surface area contributed by atoms with Crippen LogP contribution in [0.25, 0.3) is 0 Å². The average Bonchev–Trinajstić information content (AvgIpc) is 3.14. The van der Waals surface area contributed by atoms with Gasteiger partial charge < -0.3 is 15.0 Å². The van der Waals surface area contributed by atoms with Gasteiger partial charge >= 0.3 is 0 Å². The van der Waals surface area contributed by atoms with Gasteiger partial charge in [0.15, 0.2) is 0 Å². The Morgan fingerprint density at radius 2 is 1.83 bits per heavy atom. The van der Waals surface area contributed by atoms with Crippen molar-refractivity contribution in [1.29, 1.82) is 0 Å². The Bertz CT molecular complexity index is 1070. The van der Waals surface area contributed by atoms with E-state index in [9.17, 15) is 19.6 Å². The van der Waals surface area contributed by atoms with Gasteiger partial charge in [0, 0.05) is 31.4 Å². The van der Waals surface area contributed by atoms with Crippen molar-refractivity contribution < 1.29 is 24.3 Å². The molecule has 3 rings (SSSR count). The van der Waals surface area contributed by atoms with Crippen LogP contribution in [0.1, 0.15) is 62.0 Å². The maximum atomic E-state index is 13.5. The lowest BCUT2D eigenvalue weighted by Crippen LogP contribution is -2.49. The fourth-order valence-corrected chi connectivity index (χ4v) is 4.75. The van der Waals surface area contributed by atoms with Crippen LogP contribution in [0.2, 0.25) is 0 Å². The lowest BCUT2D eigenvalue weighted by atomic mass is 9.81. The second-order valence-corrected chi connectivity index (χ2v) is 9.62. The first-order chi connectivity index (χ1) is 17.1. The van der Waals surface area contributed by atoms with Gasteiger partial charge in [0.1, 0.15) is 18.4 Å². The number of hydrogen-bond donors (Lipinski definition) is 3. The van der Waals surface area contributed by atoms with E-state index in [0.717, 1.165) is 22.5 Å². The number of unbranched alkanes of at least 4 members (excludes halogenated alkanes) is 1. The lowest BCUT2D eigenvalue weighted by Gasteiger charge is -2.29. The van der Waals surface area contributed by atoms with Crippen LogP contribution in [-0.2, 0) is 26.4 Å². The highest BCUT2D eigenvalue weighted by molar-refractivity contribution is 5.94. The van der Waals surface area contributed by atoms with E-state index in [1.807, 2.05) is 57.2 Å². The minimum Gasteiger partial charge on any atom is -0.489 e. The SMILES string of the molecule is CC(=O)NCCCCC(C(=O)NO)N1CCC(C)(c2ccc(OCc3cc(C)nc(C)c3)cc2)C1=O. The second-order valence-electron chi connectivity index (χ2n) is 9.62. The van der Waals surface area contributed by atoms with Gasteiger partial charge in [-0.2, -0.15) is 0 Å². The minimum atomic E-state index is -0.776. The third-order valence-corrected chi connectivity index (χ3v) is 6.69. The molecule has 0 aliphatic carbocycles. The van der Waals surface area contributed by atoms with Crippen LogP contribution in [0.3, 0.4) is 0 Å². The number of aromatic nitrogens is 1.